The summed E-state index contributed by atoms with van der Waals surface area (Å²) in [6, 6.07) is 4.42. The molecule has 45 heavy (non-hydrogen) atoms. The Bertz CT molecular complexity index is 1820. The Balaban J connectivity index is 1.40. The summed E-state index contributed by atoms with van der Waals surface area (Å²) in [4.78, 5) is 15.5. The van der Waals surface area contributed by atoms with E-state index in [9.17, 15) is 13.9 Å². The van der Waals surface area contributed by atoms with Crippen LogP contribution in [0.5, 0.6) is 17.6 Å². The number of pyridine rings is 1. The minimum absolute atomic E-state index is 0.0193. The number of benzene rings is 2. The first-order valence-corrected chi connectivity index (χ1v) is 15.1. The van der Waals surface area contributed by atoms with Crippen LogP contribution in [0.15, 0.2) is 36.6 Å². The number of ether oxygens (including phenoxy) is 2. The fourth-order valence-electron chi connectivity index (χ4n) is 6.71. The van der Waals surface area contributed by atoms with Crippen LogP contribution >= 0.6 is 0 Å². The first-order chi connectivity index (χ1) is 21.7. The zero-order valence-electron chi connectivity index (χ0n) is 24.5. The molecule has 3 atom stereocenters. The van der Waals surface area contributed by atoms with Crippen molar-refractivity contribution in [3.05, 3.63) is 54.1 Å². The van der Waals surface area contributed by atoms with Crippen LogP contribution in [0.25, 0.3) is 32.9 Å². The van der Waals surface area contributed by atoms with Gasteiger partial charge in [0, 0.05) is 42.5 Å². The van der Waals surface area contributed by atoms with Crippen molar-refractivity contribution in [3.8, 4) is 28.9 Å². The van der Waals surface area contributed by atoms with Crippen molar-refractivity contribution in [2.75, 3.05) is 38.0 Å². The zero-order valence-corrected chi connectivity index (χ0v) is 24.5. The number of aromatic hydroxyl groups is 1. The van der Waals surface area contributed by atoms with Crippen LogP contribution in [-0.4, -0.2) is 75.5 Å². The molecule has 0 bridgehead atoms. The normalized spacial score (nSPS) is 24.0. The quantitative estimate of drug-likeness (QED) is 0.198. The van der Waals surface area contributed by atoms with Crippen molar-refractivity contribution >= 4 is 27.5 Å². The van der Waals surface area contributed by atoms with Gasteiger partial charge in [-0.2, -0.15) is 9.97 Å². The van der Waals surface area contributed by atoms with E-state index < -0.39 is 34.9 Å². The third kappa shape index (κ3) is 5.37. The van der Waals surface area contributed by atoms with Gasteiger partial charge in [0.15, 0.2) is 17.5 Å². The second-order valence-electron chi connectivity index (χ2n) is 11.9. The van der Waals surface area contributed by atoms with Crippen LogP contribution in [-0.2, 0) is 0 Å². The number of phenols is 1. The molecule has 4 aromatic rings. The number of alkyl halides is 1. The minimum Gasteiger partial charge on any atom is -0.508 e. The Hall–Kier alpha value is -4.23. The predicted molar refractivity (Wildman–Crippen MR) is 161 cm³/mol. The van der Waals surface area contributed by atoms with Crippen molar-refractivity contribution in [2.24, 2.45) is 0 Å². The molecular weight excluding hydrogens is 592 g/mol. The molecule has 2 fully saturated rings. The number of fused-ring (bicyclic) bond motifs is 2. The third-order valence-corrected chi connectivity index (χ3v) is 8.83. The van der Waals surface area contributed by atoms with Crippen LogP contribution in [0.3, 0.4) is 0 Å². The maximum atomic E-state index is 16.7. The second kappa shape index (κ2) is 11.6. The van der Waals surface area contributed by atoms with Gasteiger partial charge in [-0.3, -0.25) is 4.90 Å². The van der Waals surface area contributed by atoms with Crippen LogP contribution in [0.4, 0.5) is 23.4 Å². The van der Waals surface area contributed by atoms with E-state index in [0.29, 0.717) is 39.0 Å². The molecule has 2 aromatic heterocycles. The molecule has 1 unspecified atom stereocenters. The summed E-state index contributed by atoms with van der Waals surface area (Å²) in [6.45, 7) is 4.66. The number of nitrogens with zero attached hydrogens (tertiary/aromatic N) is 4. The lowest BCUT2D eigenvalue weighted by atomic mass is 9.94. The number of aromatic nitrogens is 3. The maximum absolute atomic E-state index is 16.7. The molecule has 2 aromatic carbocycles. The fraction of sp³-hybridized carbons (Fsp3) is 0.406. The van der Waals surface area contributed by atoms with E-state index in [4.69, 9.17) is 9.47 Å². The van der Waals surface area contributed by atoms with Gasteiger partial charge in [0.2, 0.25) is 5.88 Å². The highest BCUT2D eigenvalue weighted by Crippen LogP contribution is 2.43. The lowest BCUT2D eigenvalue weighted by molar-refractivity contribution is 0.205. The van der Waals surface area contributed by atoms with E-state index in [1.165, 1.54) is 18.4 Å². The van der Waals surface area contributed by atoms with Gasteiger partial charge in [0.1, 0.15) is 34.3 Å². The first-order valence-electron chi connectivity index (χ1n) is 15.1. The summed E-state index contributed by atoms with van der Waals surface area (Å²) in [7, 11) is 0. The van der Waals surface area contributed by atoms with E-state index in [0.717, 1.165) is 31.5 Å². The van der Waals surface area contributed by atoms with Crippen LogP contribution in [0, 0.1) is 17.5 Å². The summed E-state index contributed by atoms with van der Waals surface area (Å²) in [5.41, 5.74) is -1.25. The topological polar surface area (TPSA) is 105 Å². The van der Waals surface area contributed by atoms with Crippen molar-refractivity contribution in [1.82, 2.24) is 25.2 Å². The highest BCUT2D eigenvalue weighted by molar-refractivity contribution is 6.01. The molecule has 3 N–H and O–H groups in total. The van der Waals surface area contributed by atoms with Crippen molar-refractivity contribution in [3.63, 3.8) is 0 Å². The molecule has 5 heterocycles. The Morgan fingerprint density at radius 2 is 1.96 bits per heavy atom. The number of halogens is 4. The van der Waals surface area contributed by atoms with E-state index in [2.05, 4.69) is 30.5 Å². The maximum Gasteiger partial charge on any atom is 0.324 e. The van der Waals surface area contributed by atoms with Gasteiger partial charge in [-0.25, -0.2) is 22.5 Å². The first kappa shape index (κ1) is 29.5. The molecule has 0 amide bonds. The summed E-state index contributed by atoms with van der Waals surface area (Å²) in [5, 5.41) is 17.0. The van der Waals surface area contributed by atoms with E-state index >= 15 is 8.78 Å². The minimum atomic E-state index is -1.21. The van der Waals surface area contributed by atoms with Crippen LogP contribution < -0.4 is 20.1 Å². The lowest BCUT2D eigenvalue weighted by Crippen LogP contribution is -2.35. The Kier molecular flexibility index (Phi) is 7.60. The van der Waals surface area contributed by atoms with Gasteiger partial charge in [0.25, 0.3) is 0 Å². The summed E-state index contributed by atoms with van der Waals surface area (Å²) in [6.07, 6.45) is 4.64. The smallest absolute Gasteiger partial charge is 0.324 e. The monoisotopic (exact) mass is 624 g/mol. The molecule has 0 spiro atoms. The van der Waals surface area contributed by atoms with Crippen LogP contribution in [0.2, 0.25) is 0 Å². The second-order valence-corrected chi connectivity index (χ2v) is 11.9. The molecule has 9 nitrogen and oxygen atoms in total. The lowest BCUT2D eigenvalue weighted by Gasteiger charge is -2.27. The van der Waals surface area contributed by atoms with Gasteiger partial charge in [-0.15, -0.1) is 0 Å². The summed E-state index contributed by atoms with van der Waals surface area (Å²) >= 11 is 0. The standard InChI is InChI=1S/C32H32F4N6O3/c1-17-5-8-37-9-10-38-29-24-28(40-31(41-29)44-12-7-32-6-2-11-42(32)16-19(33)15-32)26(36)27(39-30(24)45-17)21-14-20(43)13-18-3-4-22(34)25(35)23(18)21/h3-4,7,12-14,17,19,37,43H,2,5-6,8-11,15-16H2,1H3,(H,38,40,41)/b12-7+/t17-,19+,32?/m0/s1. The molecule has 0 aliphatic carbocycles. The summed E-state index contributed by atoms with van der Waals surface area (Å²) < 4.78 is 72.6. The number of hydrogen-bond acceptors (Lipinski definition) is 9. The van der Waals surface area contributed by atoms with E-state index in [1.54, 1.807) is 0 Å². The number of hydrogen-bond donors (Lipinski definition) is 3. The number of phenolic OH excluding ortho intramolecular Hbond substituents is 1. The van der Waals surface area contributed by atoms with Crippen molar-refractivity contribution in [1.29, 1.82) is 0 Å². The van der Waals surface area contributed by atoms with E-state index in [-0.39, 0.29) is 56.8 Å². The van der Waals surface area contributed by atoms with Crippen molar-refractivity contribution in [2.45, 2.75) is 50.4 Å². The van der Waals surface area contributed by atoms with Gasteiger partial charge < -0.3 is 25.2 Å². The SMILES string of the molecule is C[C@H]1CCNCCNc2nc(O/C=C/C34CCCN3C[C@H](F)C4)nc3c(F)c(-c4cc(O)cc5ccc(F)c(F)c45)nc(c23)O1. The molecule has 3 aliphatic rings. The highest BCUT2D eigenvalue weighted by atomic mass is 19.2. The number of anilines is 1. The molecule has 236 valence electrons. The summed E-state index contributed by atoms with van der Waals surface area (Å²) in [5.74, 6) is -3.42. The van der Waals surface area contributed by atoms with Crippen LogP contribution in [0.1, 0.15) is 32.6 Å². The van der Waals surface area contributed by atoms with E-state index in [1.807, 2.05) is 13.0 Å². The average Bonchev–Trinajstić information content (AvgIpc) is 3.51. The Morgan fingerprint density at radius 1 is 1.09 bits per heavy atom. The third-order valence-electron chi connectivity index (χ3n) is 8.83. The molecule has 13 heteroatoms. The molecule has 3 aliphatic heterocycles. The van der Waals surface area contributed by atoms with Gasteiger partial charge in [-0.05, 0) is 68.9 Å². The molecule has 2 saturated heterocycles. The largest absolute Gasteiger partial charge is 0.508 e. The highest BCUT2D eigenvalue weighted by Gasteiger charge is 2.47. The fourth-order valence-corrected chi connectivity index (χ4v) is 6.71. The predicted octanol–water partition coefficient (Wildman–Crippen LogP) is 5.61. The van der Waals surface area contributed by atoms with Gasteiger partial charge in [-0.1, -0.05) is 6.07 Å². The number of nitrogens with one attached hydrogen (secondary N) is 2. The Morgan fingerprint density at radius 3 is 2.82 bits per heavy atom. The van der Waals surface area contributed by atoms with Crippen molar-refractivity contribution < 1.29 is 32.1 Å². The van der Waals surface area contributed by atoms with Gasteiger partial charge in [0.05, 0.1) is 12.4 Å². The molecule has 7 rings (SSSR count). The van der Waals surface area contributed by atoms with Gasteiger partial charge >= 0.3 is 6.01 Å². The number of rotatable bonds is 4. The molecule has 0 saturated carbocycles. The Labute approximate surface area is 256 Å². The molecular formula is C32H32F4N6O3. The zero-order chi connectivity index (χ0) is 31.3. The molecule has 0 radical (unpaired) electrons. The average molecular weight is 625 g/mol.